The largest absolute Gasteiger partial charge is 0.435 e. The van der Waals surface area contributed by atoms with Crippen LogP contribution in [-0.2, 0) is 6.18 Å². The molecule has 0 saturated carbocycles. The van der Waals surface area contributed by atoms with E-state index in [-0.39, 0.29) is 11.3 Å². The van der Waals surface area contributed by atoms with Crippen LogP contribution in [-0.4, -0.2) is 21.4 Å². The number of hydrogen-bond donors (Lipinski definition) is 0. The third kappa shape index (κ3) is 2.97. The molecule has 1 aliphatic rings. The van der Waals surface area contributed by atoms with E-state index in [1.54, 1.807) is 0 Å². The molecule has 0 atom stereocenters. The number of alkyl halides is 3. The summed E-state index contributed by atoms with van der Waals surface area (Å²) in [5, 5.41) is 12.1. The Morgan fingerprint density at radius 2 is 1.72 bits per heavy atom. The third-order valence-electron chi connectivity index (χ3n) is 4.23. The zero-order chi connectivity index (χ0) is 20.9. The summed E-state index contributed by atoms with van der Waals surface area (Å²) in [6.07, 6.45) is -5.00. The van der Waals surface area contributed by atoms with E-state index in [4.69, 9.17) is 5.26 Å². The second-order valence-electron chi connectivity index (χ2n) is 6.04. The summed E-state index contributed by atoms with van der Waals surface area (Å²) in [5.74, 6) is -3.67. The van der Waals surface area contributed by atoms with E-state index in [1.165, 1.54) is 24.3 Å². The maximum absolute atomic E-state index is 14.2. The van der Waals surface area contributed by atoms with Gasteiger partial charge in [-0.2, -0.15) is 28.2 Å². The van der Waals surface area contributed by atoms with Crippen LogP contribution in [0.3, 0.4) is 0 Å². The van der Waals surface area contributed by atoms with Crippen molar-refractivity contribution in [1.82, 2.24) is 9.78 Å². The summed E-state index contributed by atoms with van der Waals surface area (Å²) in [6, 6.07) is 9.59. The van der Waals surface area contributed by atoms with Crippen molar-refractivity contribution in [3.05, 3.63) is 70.9 Å². The maximum atomic E-state index is 14.2. The zero-order valence-electron chi connectivity index (χ0n) is 14.1. The molecule has 144 valence electrons. The lowest BCUT2D eigenvalue weighted by Crippen LogP contribution is -2.20. The van der Waals surface area contributed by atoms with E-state index in [0.29, 0.717) is 16.3 Å². The summed E-state index contributed by atoms with van der Waals surface area (Å²) in [5.41, 5.74) is -2.50. The van der Waals surface area contributed by atoms with Crippen molar-refractivity contribution in [2.24, 2.45) is 4.99 Å². The first-order chi connectivity index (χ1) is 13.7. The highest BCUT2D eigenvalue weighted by Gasteiger charge is 2.43. The summed E-state index contributed by atoms with van der Waals surface area (Å²) in [4.78, 5) is 16.6. The Hall–Kier alpha value is -3.87. The van der Waals surface area contributed by atoms with Gasteiger partial charge in [-0.25, -0.2) is 13.8 Å². The number of fused-ring (bicyclic) bond motifs is 1. The van der Waals surface area contributed by atoms with Gasteiger partial charge in [0.15, 0.2) is 11.5 Å². The van der Waals surface area contributed by atoms with Crippen molar-refractivity contribution in [3.63, 3.8) is 0 Å². The molecular weight excluding hydrogens is 395 g/mol. The predicted molar refractivity (Wildman–Crippen MR) is 90.6 cm³/mol. The van der Waals surface area contributed by atoms with Gasteiger partial charge >= 0.3 is 6.18 Å². The van der Waals surface area contributed by atoms with Crippen molar-refractivity contribution in [2.45, 2.75) is 6.18 Å². The van der Waals surface area contributed by atoms with Gasteiger partial charge in [0.25, 0.3) is 5.91 Å². The molecule has 0 unspecified atom stereocenters. The summed E-state index contributed by atoms with van der Waals surface area (Å²) >= 11 is 0. The van der Waals surface area contributed by atoms with E-state index in [1.807, 2.05) is 6.07 Å². The molecule has 2 aromatic carbocycles. The Kier molecular flexibility index (Phi) is 4.04. The van der Waals surface area contributed by atoms with Crippen LogP contribution < -0.4 is 0 Å². The second kappa shape index (κ2) is 6.34. The molecule has 0 bridgehead atoms. The number of nitrogens with zero attached hydrogens (tertiary/aromatic N) is 4. The summed E-state index contributed by atoms with van der Waals surface area (Å²) in [6.45, 7) is 0. The van der Waals surface area contributed by atoms with E-state index < -0.39 is 46.4 Å². The molecule has 0 N–H and O–H groups in total. The highest BCUT2D eigenvalue weighted by Crippen LogP contribution is 2.44. The highest BCUT2D eigenvalue weighted by atomic mass is 19.4. The van der Waals surface area contributed by atoms with Gasteiger partial charge in [-0.1, -0.05) is 12.1 Å². The van der Waals surface area contributed by atoms with Gasteiger partial charge < -0.3 is 0 Å². The monoisotopic (exact) mass is 402 g/mol. The minimum Gasteiger partial charge on any atom is -0.265 e. The number of rotatable bonds is 2. The summed E-state index contributed by atoms with van der Waals surface area (Å²) in [7, 11) is 0. The molecule has 0 aliphatic carbocycles. The number of hydrogen-bond acceptors (Lipinski definition) is 4. The Bertz CT molecular complexity index is 1230. The van der Waals surface area contributed by atoms with Crippen molar-refractivity contribution in [2.75, 3.05) is 0 Å². The lowest BCUT2D eigenvalue weighted by atomic mass is 10.0. The number of aliphatic imine (C=N–C) groups is 1. The number of carbonyl (C=O) groups is 1. The Balaban J connectivity index is 1.94. The molecule has 4 rings (SSSR count). The lowest BCUT2D eigenvalue weighted by molar-refractivity contribution is -0.140. The topological polar surface area (TPSA) is 71.0 Å². The normalized spacial score (nSPS) is 13.2. The Morgan fingerprint density at radius 1 is 1.03 bits per heavy atom. The molecule has 0 saturated heterocycles. The maximum Gasteiger partial charge on any atom is 0.435 e. The smallest absolute Gasteiger partial charge is 0.265 e. The number of benzene rings is 2. The molecule has 0 fully saturated rings. The molecule has 10 heteroatoms. The number of carbonyl (C=O) groups excluding carboxylic acids is 1. The van der Waals surface area contributed by atoms with Crippen LogP contribution in [0.2, 0.25) is 0 Å². The molecular formula is C19H7F5N4O. The van der Waals surface area contributed by atoms with Crippen LogP contribution in [0.15, 0.2) is 47.5 Å². The van der Waals surface area contributed by atoms with Gasteiger partial charge in [-0.05, 0) is 24.3 Å². The van der Waals surface area contributed by atoms with Crippen LogP contribution in [0.5, 0.6) is 0 Å². The van der Waals surface area contributed by atoms with Crippen LogP contribution in [0.25, 0.3) is 11.1 Å². The number of aromatic nitrogens is 2. The zero-order valence-corrected chi connectivity index (χ0v) is 14.1. The fourth-order valence-electron chi connectivity index (χ4n) is 2.94. The van der Waals surface area contributed by atoms with Gasteiger partial charge in [0.05, 0.1) is 17.2 Å². The second-order valence-corrected chi connectivity index (χ2v) is 6.04. The number of halogens is 5. The first kappa shape index (κ1) is 18.5. The SMILES string of the molecule is N#Cc1ccc(C2=Nc3c(-c4ccc(F)cc4F)c(C(F)(F)F)nn3C2=O)cc1. The van der Waals surface area contributed by atoms with Gasteiger partial charge in [-0.15, -0.1) is 0 Å². The van der Waals surface area contributed by atoms with E-state index in [0.717, 1.165) is 12.1 Å². The van der Waals surface area contributed by atoms with Crippen molar-refractivity contribution in [3.8, 4) is 17.2 Å². The van der Waals surface area contributed by atoms with E-state index >= 15 is 0 Å². The quantitative estimate of drug-likeness (QED) is 0.593. The minimum atomic E-state index is -5.00. The van der Waals surface area contributed by atoms with Crippen LogP contribution in [0.4, 0.5) is 27.8 Å². The van der Waals surface area contributed by atoms with Gasteiger partial charge in [-0.3, -0.25) is 4.79 Å². The van der Waals surface area contributed by atoms with Gasteiger partial charge in [0.1, 0.15) is 17.3 Å². The van der Waals surface area contributed by atoms with Crippen LogP contribution in [0.1, 0.15) is 21.6 Å². The Morgan fingerprint density at radius 3 is 2.31 bits per heavy atom. The molecule has 2 heterocycles. The molecule has 5 nitrogen and oxygen atoms in total. The van der Waals surface area contributed by atoms with Crippen LogP contribution >= 0.6 is 0 Å². The van der Waals surface area contributed by atoms with Crippen LogP contribution in [0, 0.1) is 23.0 Å². The van der Waals surface area contributed by atoms with E-state index in [9.17, 15) is 26.7 Å². The lowest BCUT2D eigenvalue weighted by Gasteiger charge is -2.08. The fraction of sp³-hybridized carbons (Fsp3) is 0.0526. The molecule has 1 aliphatic heterocycles. The number of nitriles is 1. The molecule has 1 aromatic heterocycles. The Labute approximate surface area is 159 Å². The molecule has 0 radical (unpaired) electrons. The summed E-state index contributed by atoms with van der Waals surface area (Å²) < 4.78 is 68.3. The van der Waals surface area contributed by atoms with Gasteiger partial charge in [0.2, 0.25) is 0 Å². The molecule has 29 heavy (non-hydrogen) atoms. The molecule has 3 aromatic rings. The first-order valence-corrected chi connectivity index (χ1v) is 8.00. The first-order valence-electron chi connectivity index (χ1n) is 8.00. The van der Waals surface area contributed by atoms with Crippen molar-refractivity contribution in [1.29, 1.82) is 5.26 Å². The fourth-order valence-corrected chi connectivity index (χ4v) is 2.94. The predicted octanol–water partition coefficient (Wildman–Crippen LogP) is 4.49. The average molecular weight is 402 g/mol. The standard InChI is InChI=1S/C19H7F5N4O/c20-11-5-6-12(13(21)7-11)14-16(19(22,23)24)27-28-17(14)26-15(18(28)29)10-3-1-9(8-25)2-4-10/h1-7H. The molecule has 0 amide bonds. The van der Waals surface area contributed by atoms with E-state index in [2.05, 4.69) is 10.1 Å². The van der Waals surface area contributed by atoms with Gasteiger partial charge in [0, 0.05) is 17.2 Å². The van der Waals surface area contributed by atoms with Crippen molar-refractivity contribution >= 4 is 17.4 Å². The minimum absolute atomic E-state index is 0.213. The highest BCUT2D eigenvalue weighted by molar-refractivity contribution is 6.48. The third-order valence-corrected chi connectivity index (χ3v) is 4.23. The average Bonchev–Trinajstić information content (AvgIpc) is 3.19. The van der Waals surface area contributed by atoms with Crippen molar-refractivity contribution < 1.29 is 26.7 Å². The molecule has 0 spiro atoms.